The third kappa shape index (κ3) is 13.6. The maximum Gasteiger partial charge on any atom is 0.233 e. The van der Waals surface area contributed by atoms with Gasteiger partial charge in [-0.3, -0.25) is 4.79 Å². The summed E-state index contributed by atoms with van der Waals surface area (Å²) in [6.45, 7) is 4.56. The summed E-state index contributed by atoms with van der Waals surface area (Å²) >= 11 is 0. The molecule has 2 heterocycles. The fourth-order valence-corrected chi connectivity index (χ4v) is 5.64. The Bertz CT molecular complexity index is 1210. The summed E-state index contributed by atoms with van der Waals surface area (Å²) in [6, 6.07) is 4.98. The summed E-state index contributed by atoms with van der Waals surface area (Å²) in [7, 11) is 1.43. The van der Waals surface area contributed by atoms with Crippen LogP contribution >= 0.6 is 0 Å². The number of methoxy groups -OCH3 is 1. The molecule has 15 heteroatoms. The summed E-state index contributed by atoms with van der Waals surface area (Å²) in [6.07, 6.45) is 8.76. The highest BCUT2D eigenvalue weighted by molar-refractivity contribution is 5.76. The summed E-state index contributed by atoms with van der Waals surface area (Å²) in [5.74, 6) is 0.955. The first-order chi connectivity index (χ1) is 23.5. The number of aromatic nitrogens is 3. The van der Waals surface area contributed by atoms with E-state index < -0.39 is 5.82 Å². The molecule has 0 unspecified atom stereocenters. The standard InChI is InChI=1S/C33H52FN7O7/c1-44-29-9-8-27(24-28(29)34)37-33-39-31(35-25-6-4-2-3-5-7-25)38-32(40-33)36-26-10-13-41(14-11-26)30(43)12-16-45-18-20-47-22-23-48-21-19-46-17-15-42/h8-9,24-26,42H,2-7,10-23H2,1H3,(H3,35,36,37,38,39,40). The van der Waals surface area contributed by atoms with Crippen LogP contribution in [-0.4, -0.2) is 123 Å². The number of amides is 1. The molecule has 48 heavy (non-hydrogen) atoms. The normalized spacial score (nSPS) is 16.0. The van der Waals surface area contributed by atoms with Crippen molar-refractivity contribution in [2.45, 2.75) is 69.9 Å². The van der Waals surface area contributed by atoms with E-state index >= 15 is 0 Å². The number of piperidine rings is 1. The number of rotatable bonds is 21. The van der Waals surface area contributed by atoms with E-state index in [4.69, 9.17) is 28.8 Å². The summed E-state index contributed by atoms with van der Waals surface area (Å²) in [5, 5.41) is 18.7. The van der Waals surface area contributed by atoms with E-state index in [9.17, 15) is 9.18 Å². The monoisotopic (exact) mass is 677 g/mol. The van der Waals surface area contributed by atoms with Gasteiger partial charge in [0.05, 0.1) is 73.0 Å². The second-order valence-corrected chi connectivity index (χ2v) is 11.8. The molecule has 4 N–H and O–H groups in total. The van der Waals surface area contributed by atoms with Gasteiger partial charge < -0.3 is 49.6 Å². The third-order valence-corrected chi connectivity index (χ3v) is 8.22. The second-order valence-electron chi connectivity index (χ2n) is 11.8. The van der Waals surface area contributed by atoms with E-state index in [1.54, 1.807) is 12.1 Å². The van der Waals surface area contributed by atoms with Crippen LogP contribution < -0.4 is 20.7 Å². The predicted molar refractivity (Wildman–Crippen MR) is 179 cm³/mol. The first kappa shape index (κ1) is 37.4. The molecule has 1 aliphatic heterocycles. The number of aliphatic hydroxyl groups is 1. The third-order valence-electron chi connectivity index (χ3n) is 8.22. The molecule has 0 atom stereocenters. The number of carbonyl (C=O) groups is 1. The number of benzene rings is 1. The van der Waals surface area contributed by atoms with E-state index in [2.05, 4.69) is 30.9 Å². The van der Waals surface area contributed by atoms with Crippen LogP contribution in [0.3, 0.4) is 0 Å². The van der Waals surface area contributed by atoms with Crippen LogP contribution in [0.15, 0.2) is 18.2 Å². The number of hydrogen-bond donors (Lipinski definition) is 4. The van der Waals surface area contributed by atoms with Gasteiger partial charge in [-0.05, 0) is 37.8 Å². The lowest BCUT2D eigenvalue weighted by molar-refractivity contribution is -0.133. The molecule has 1 saturated carbocycles. The smallest absolute Gasteiger partial charge is 0.233 e. The van der Waals surface area contributed by atoms with Gasteiger partial charge in [0.1, 0.15) is 0 Å². The zero-order valence-corrected chi connectivity index (χ0v) is 28.1. The molecular formula is C33H52FN7O7. The molecule has 0 radical (unpaired) electrons. The predicted octanol–water partition coefficient (Wildman–Crippen LogP) is 3.75. The maximum atomic E-state index is 14.4. The van der Waals surface area contributed by atoms with Crippen molar-refractivity contribution in [3.8, 4) is 5.75 Å². The first-order valence-corrected chi connectivity index (χ1v) is 17.1. The highest BCUT2D eigenvalue weighted by atomic mass is 19.1. The topological polar surface area (TPSA) is 161 Å². The van der Waals surface area contributed by atoms with Crippen molar-refractivity contribution in [3.63, 3.8) is 0 Å². The number of likely N-dealkylation sites (tertiary alicyclic amines) is 1. The Hall–Kier alpha value is -3.37. The lowest BCUT2D eigenvalue weighted by Crippen LogP contribution is -2.43. The number of carbonyl (C=O) groups excluding carboxylic acids is 1. The zero-order chi connectivity index (χ0) is 33.8. The number of aliphatic hydroxyl groups excluding tert-OH is 1. The molecular weight excluding hydrogens is 625 g/mol. The lowest BCUT2D eigenvalue weighted by atomic mass is 10.0. The highest BCUT2D eigenvalue weighted by Crippen LogP contribution is 2.25. The molecule has 1 aliphatic carbocycles. The Morgan fingerprint density at radius 2 is 1.33 bits per heavy atom. The first-order valence-electron chi connectivity index (χ1n) is 17.1. The molecule has 2 aliphatic rings. The van der Waals surface area contributed by atoms with Crippen molar-refractivity contribution < 1.29 is 38.0 Å². The Kier molecular flexibility index (Phi) is 16.8. The van der Waals surface area contributed by atoms with Crippen molar-refractivity contribution in [2.75, 3.05) is 95.6 Å². The molecule has 0 bridgehead atoms. The van der Waals surface area contributed by atoms with Gasteiger partial charge in [0.2, 0.25) is 23.8 Å². The van der Waals surface area contributed by atoms with Gasteiger partial charge in [-0.1, -0.05) is 25.7 Å². The van der Waals surface area contributed by atoms with Gasteiger partial charge in [0.15, 0.2) is 11.6 Å². The molecule has 14 nitrogen and oxygen atoms in total. The maximum absolute atomic E-state index is 14.4. The van der Waals surface area contributed by atoms with Crippen LogP contribution in [0.5, 0.6) is 5.75 Å². The van der Waals surface area contributed by atoms with Crippen molar-refractivity contribution in [2.24, 2.45) is 0 Å². The van der Waals surface area contributed by atoms with Crippen LogP contribution in [-0.2, 0) is 23.7 Å². The number of nitrogens with zero attached hydrogens (tertiary/aromatic N) is 4. The van der Waals surface area contributed by atoms with E-state index in [0.29, 0.717) is 95.9 Å². The number of anilines is 4. The molecule has 268 valence electrons. The molecule has 2 aromatic rings. The van der Waals surface area contributed by atoms with E-state index in [0.717, 1.165) is 25.7 Å². The lowest BCUT2D eigenvalue weighted by Gasteiger charge is -2.32. The molecule has 2 fully saturated rings. The number of nitrogens with one attached hydrogen (secondary N) is 3. The fraction of sp³-hybridized carbons (Fsp3) is 0.697. The molecule has 1 saturated heterocycles. The Morgan fingerprint density at radius 3 is 1.90 bits per heavy atom. The summed E-state index contributed by atoms with van der Waals surface area (Å²) < 4.78 is 40.9. The van der Waals surface area contributed by atoms with E-state index in [1.165, 1.54) is 38.9 Å². The van der Waals surface area contributed by atoms with Crippen molar-refractivity contribution in [1.82, 2.24) is 19.9 Å². The molecule has 1 aromatic heterocycles. The number of hydrogen-bond acceptors (Lipinski definition) is 13. The Labute approximate surface area is 282 Å². The van der Waals surface area contributed by atoms with Crippen LogP contribution in [0.4, 0.5) is 27.9 Å². The second kappa shape index (κ2) is 21.6. The molecule has 0 spiro atoms. The summed E-state index contributed by atoms with van der Waals surface area (Å²) in [4.78, 5) is 28.5. The van der Waals surface area contributed by atoms with E-state index in [1.807, 2.05) is 4.90 Å². The van der Waals surface area contributed by atoms with Crippen molar-refractivity contribution >= 4 is 29.4 Å². The van der Waals surface area contributed by atoms with Gasteiger partial charge in [-0.25, -0.2) is 4.39 Å². The Morgan fingerprint density at radius 1 is 0.792 bits per heavy atom. The van der Waals surface area contributed by atoms with E-state index in [-0.39, 0.29) is 30.3 Å². The fourth-order valence-electron chi connectivity index (χ4n) is 5.64. The van der Waals surface area contributed by atoms with Gasteiger partial charge in [-0.2, -0.15) is 15.0 Å². The van der Waals surface area contributed by atoms with Crippen molar-refractivity contribution in [3.05, 3.63) is 24.0 Å². The van der Waals surface area contributed by atoms with Crippen LogP contribution in [0.2, 0.25) is 0 Å². The van der Waals surface area contributed by atoms with Crippen LogP contribution in [0, 0.1) is 5.82 Å². The quantitative estimate of drug-likeness (QED) is 0.112. The highest BCUT2D eigenvalue weighted by Gasteiger charge is 2.24. The average Bonchev–Trinajstić information content (AvgIpc) is 3.36. The van der Waals surface area contributed by atoms with Gasteiger partial charge in [0, 0.05) is 36.9 Å². The van der Waals surface area contributed by atoms with Crippen LogP contribution in [0.25, 0.3) is 0 Å². The van der Waals surface area contributed by atoms with Gasteiger partial charge >= 0.3 is 0 Å². The molecule has 1 aromatic carbocycles. The van der Waals surface area contributed by atoms with Crippen LogP contribution in [0.1, 0.15) is 57.8 Å². The zero-order valence-electron chi connectivity index (χ0n) is 28.1. The minimum atomic E-state index is -0.482. The minimum Gasteiger partial charge on any atom is -0.494 e. The molecule has 4 rings (SSSR count). The number of ether oxygens (including phenoxy) is 5. The SMILES string of the molecule is COc1ccc(Nc2nc(NC3CCCCCC3)nc(NC3CCN(C(=O)CCOCCOCCOCCOCCO)CC3)n2)cc1F. The van der Waals surface area contributed by atoms with Gasteiger partial charge in [-0.15, -0.1) is 0 Å². The van der Waals surface area contributed by atoms with Crippen molar-refractivity contribution in [1.29, 1.82) is 0 Å². The summed E-state index contributed by atoms with van der Waals surface area (Å²) in [5.41, 5.74) is 0.497. The molecule has 1 amide bonds. The largest absolute Gasteiger partial charge is 0.494 e. The number of halogens is 1. The average molecular weight is 678 g/mol. The van der Waals surface area contributed by atoms with Gasteiger partial charge in [0.25, 0.3) is 0 Å². The Balaban J connectivity index is 1.19. The minimum absolute atomic E-state index is 0.00531.